The van der Waals surface area contributed by atoms with Crippen molar-refractivity contribution in [3.63, 3.8) is 0 Å². The molecule has 0 aliphatic carbocycles. The Morgan fingerprint density at radius 2 is 1.82 bits per heavy atom. The van der Waals surface area contributed by atoms with Crippen molar-refractivity contribution in [2.45, 2.75) is 12.8 Å². The van der Waals surface area contributed by atoms with E-state index in [2.05, 4.69) is 4.74 Å². The van der Waals surface area contributed by atoms with Crippen molar-refractivity contribution in [2.24, 2.45) is 0 Å². The summed E-state index contributed by atoms with van der Waals surface area (Å²) < 4.78 is 63.0. The van der Waals surface area contributed by atoms with Crippen LogP contribution in [0.15, 0.2) is 24.3 Å². The van der Waals surface area contributed by atoms with E-state index in [0.29, 0.717) is 0 Å². The second-order valence-electron chi connectivity index (χ2n) is 3.09. The fourth-order valence-corrected chi connectivity index (χ4v) is 2.07. The lowest BCUT2D eigenvalue weighted by atomic mass is 10.1. The fourth-order valence-electron chi connectivity index (χ4n) is 1.21. The number of alkyl halides is 3. The Balaban J connectivity index is 2.96. The molecule has 3 nitrogen and oxygen atoms in total. The van der Waals surface area contributed by atoms with Crippen LogP contribution in [0.2, 0.25) is 0 Å². The standard InChI is InChI=1S/C9H8ClF3O3S/c10-17(14,15)5-7(11)6-3-1-2-4-8(6)16-9(12)13/h1-4,7,9H,5H2. The topological polar surface area (TPSA) is 43.4 Å². The van der Waals surface area contributed by atoms with Gasteiger partial charge in [-0.25, -0.2) is 12.8 Å². The molecule has 0 fully saturated rings. The van der Waals surface area contributed by atoms with Gasteiger partial charge in [0.25, 0.3) is 0 Å². The number of rotatable bonds is 5. The highest BCUT2D eigenvalue weighted by molar-refractivity contribution is 8.13. The molecule has 0 heterocycles. The Kier molecular flexibility index (Phi) is 4.64. The van der Waals surface area contributed by atoms with Crippen LogP contribution in [0.25, 0.3) is 0 Å². The van der Waals surface area contributed by atoms with Crippen LogP contribution in [-0.2, 0) is 9.05 Å². The molecule has 1 atom stereocenters. The van der Waals surface area contributed by atoms with Crippen molar-refractivity contribution in [1.82, 2.24) is 0 Å². The molecule has 0 aliphatic rings. The molecule has 0 N–H and O–H groups in total. The van der Waals surface area contributed by atoms with E-state index in [1.54, 1.807) is 0 Å². The summed E-state index contributed by atoms with van der Waals surface area (Å²) in [7, 11) is 0.817. The van der Waals surface area contributed by atoms with Gasteiger partial charge >= 0.3 is 6.61 Å². The smallest absolute Gasteiger partial charge is 0.387 e. The molecule has 0 aliphatic heterocycles. The first-order chi connectivity index (χ1) is 7.79. The predicted molar refractivity (Wildman–Crippen MR) is 56.6 cm³/mol. The van der Waals surface area contributed by atoms with E-state index in [9.17, 15) is 21.6 Å². The Morgan fingerprint density at radius 3 is 2.35 bits per heavy atom. The van der Waals surface area contributed by atoms with Crippen molar-refractivity contribution in [3.8, 4) is 5.75 Å². The quantitative estimate of drug-likeness (QED) is 0.783. The largest absolute Gasteiger partial charge is 0.434 e. The molecule has 8 heteroatoms. The van der Waals surface area contributed by atoms with E-state index in [1.165, 1.54) is 12.1 Å². The van der Waals surface area contributed by atoms with Crippen LogP contribution in [0.4, 0.5) is 13.2 Å². The van der Waals surface area contributed by atoms with Crippen molar-refractivity contribution in [1.29, 1.82) is 0 Å². The molecule has 0 saturated carbocycles. The lowest BCUT2D eigenvalue weighted by molar-refractivity contribution is -0.0509. The number of hydrogen-bond donors (Lipinski definition) is 0. The molecular formula is C9H8ClF3O3S. The maximum Gasteiger partial charge on any atom is 0.387 e. The first kappa shape index (κ1) is 14.1. The molecule has 0 amide bonds. The van der Waals surface area contributed by atoms with Crippen molar-refractivity contribution in [3.05, 3.63) is 29.8 Å². The number of hydrogen-bond acceptors (Lipinski definition) is 3. The van der Waals surface area contributed by atoms with Crippen LogP contribution >= 0.6 is 10.7 Å². The second kappa shape index (κ2) is 5.59. The molecule has 96 valence electrons. The third-order valence-electron chi connectivity index (χ3n) is 1.82. The molecule has 0 aromatic heterocycles. The third-order valence-corrected chi connectivity index (χ3v) is 2.89. The van der Waals surface area contributed by atoms with Crippen LogP contribution in [0.3, 0.4) is 0 Å². The van der Waals surface area contributed by atoms with Crippen LogP contribution in [0.1, 0.15) is 11.7 Å². The lowest BCUT2D eigenvalue weighted by Gasteiger charge is -2.12. The number of benzene rings is 1. The van der Waals surface area contributed by atoms with E-state index in [-0.39, 0.29) is 5.56 Å². The van der Waals surface area contributed by atoms with E-state index >= 15 is 0 Å². The summed E-state index contributed by atoms with van der Waals surface area (Å²) in [4.78, 5) is 0. The minimum atomic E-state index is -4.06. The van der Waals surface area contributed by atoms with Crippen LogP contribution in [0.5, 0.6) is 5.75 Å². The Bertz CT molecular complexity index is 478. The van der Waals surface area contributed by atoms with Gasteiger partial charge in [0, 0.05) is 16.2 Å². The van der Waals surface area contributed by atoms with Crippen LogP contribution in [-0.4, -0.2) is 20.8 Å². The Labute approximate surface area is 101 Å². The molecule has 1 aromatic carbocycles. The maximum absolute atomic E-state index is 13.6. The SMILES string of the molecule is O=S(=O)(Cl)CC(F)c1ccccc1OC(F)F. The van der Waals surface area contributed by atoms with Crippen molar-refractivity contribution >= 4 is 19.7 Å². The highest BCUT2D eigenvalue weighted by Crippen LogP contribution is 2.30. The normalized spacial score (nSPS) is 13.7. The summed E-state index contributed by atoms with van der Waals surface area (Å²) in [5.74, 6) is -1.41. The van der Waals surface area contributed by atoms with Crippen LogP contribution in [0, 0.1) is 0 Å². The van der Waals surface area contributed by atoms with Crippen molar-refractivity contribution in [2.75, 3.05) is 5.75 Å². The number of ether oxygens (including phenoxy) is 1. The van der Waals surface area contributed by atoms with Gasteiger partial charge in [-0.15, -0.1) is 0 Å². The molecule has 1 unspecified atom stereocenters. The Hall–Kier alpha value is -0.950. The zero-order valence-corrected chi connectivity index (χ0v) is 9.89. The lowest BCUT2D eigenvalue weighted by Crippen LogP contribution is -2.10. The van der Waals surface area contributed by atoms with Gasteiger partial charge in [0.15, 0.2) is 0 Å². The third kappa shape index (κ3) is 4.82. The molecule has 0 radical (unpaired) electrons. The minimum Gasteiger partial charge on any atom is -0.434 e. The molecule has 17 heavy (non-hydrogen) atoms. The summed E-state index contributed by atoms with van der Waals surface area (Å²) in [6.45, 7) is -3.11. The zero-order chi connectivity index (χ0) is 13.1. The molecule has 0 spiro atoms. The molecule has 1 rings (SSSR count). The highest BCUT2D eigenvalue weighted by Gasteiger charge is 2.22. The van der Waals surface area contributed by atoms with Crippen molar-refractivity contribution < 1.29 is 26.3 Å². The van der Waals surface area contributed by atoms with Crippen LogP contribution < -0.4 is 4.74 Å². The zero-order valence-electron chi connectivity index (χ0n) is 8.32. The summed E-state index contributed by atoms with van der Waals surface area (Å²) in [5.41, 5.74) is -0.281. The van der Waals surface area contributed by atoms with Gasteiger partial charge in [-0.1, -0.05) is 18.2 Å². The van der Waals surface area contributed by atoms with Gasteiger partial charge in [-0.3, -0.25) is 0 Å². The molecular weight excluding hydrogens is 281 g/mol. The first-order valence-electron chi connectivity index (χ1n) is 4.40. The summed E-state index contributed by atoms with van der Waals surface area (Å²) in [6.07, 6.45) is -2.02. The predicted octanol–water partition coefficient (Wildman–Crippen LogP) is 2.87. The van der Waals surface area contributed by atoms with Gasteiger partial charge in [0.1, 0.15) is 17.7 Å². The molecule has 1 aromatic rings. The average molecular weight is 289 g/mol. The van der Waals surface area contributed by atoms with E-state index in [4.69, 9.17) is 10.7 Å². The second-order valence-corrected chi connectivity index (χ2v) is 5.91. The van der Waals surface area contributed by atoms with Gasteiger partial charge in [-0.2, -0.15) is 8.78 Å². The summed E-state index contributed by atoms with van der Waals surface area (Å²) in [6, 6.07) is 5.02. The monoisotopic (exact) mass is 288 g/mol. The summed E-state index contributed by atoms with van der Waals surface area (Å²) >= 11 is 0. The van der Waals surface area contributed by atoms with E-state index in [0.717, 1.165) is 12.1 Å². The van der Waals surface area contributed by atoms with Gasteiger partial charge < -0.3 is 4.74 Å². The molecule has 0 saturated heterocycles. The summed E-state index contributed by atoms with van der Waals surface area (Å²) in [5, 5.41) is 0. The van der Waals surface area contributed by atoms with E-state index in [1.807, 2.05) is 0 Å². The van der Waals surface area contributed by atoms with Gasteiger partial charge in [0.05, 0.1) is 0 Å². The average Bonchev–Trinajstić information content (AvgIpc) is 2.14. The Morgan fingerprint density at radius 1 is 1.24 bits per heavy atom. The van der Waals surface area contributed by atoms with Gasteiger partial charge in [-0.05, 0) is 6.07 Å². The number of halogens is 4. The maximum atomic E-state index is 13.6. The van der Waals surface area contributed by atoms with Gasteiger partial charge in [0.2, 0.25) is 9.05 Å². The number of para-hydroxylation sites is 1. The minimum absolute atomic E-state index is 0.281. The highest BCUT2D eigenvalue weighted by atomic mass is 35.7. The first-order valence-corrected chi connectivity index (χ1v) is 6.87. The molecule has 0 bridgehead atoms. The fraction of sp³-hybridized carbons (Fsp3) is 0.333. The van der Waals surface area contributed by atoms with E-state index < -0.39 is 33.3 Å².